The third-order valence-corrected chi connectivity index (χ3v) is 4.07. The maximum Gasteiger partial charge on any atom is 0.296 e. The molecule has 1 aliphatic rings. The van der Waals surface area contributed by atoms with Crippen LogP contribution in [0.4, 0.5) is 0 Å². The van der Waals surface area contributed by atoms with Gasteiger partial charge in [-0.05, 0) is 38.2 Å². The fourth-order valence-electron chi connectivity index (χ4n) is 3.00. The Labute approximate surface area is 130 Å². The molecule has 0 bridgehead atoms. The number of nitrogens with zero attached hydrogens (tertiary/aromatic N) is 1. The lowest BCUT2D eigenvalue weighted by atomic mass is 9.98. The smallest absolute Gasteiger partial charge is 0.296 e. The monoisotopic (exact) mass is 298 g/mol. The van der Waals surface area contributed by atoms with Crippen LogP contribution in [-0.4, -0.2) is 16.1 Å². The maximum absolute atomic E-state index is 11.8. The van der Waals surface area contributed by atoms with E-state index >= 15 is 0 Å². The molecule has 22 heavy (non-hydrogen) atoms. The number of H-pyrrole nitrogens is 1. The van der Waals surface area contributed by atoms with E-state index < -0.39 is 0 Å². The van der Waals surface area contributed by atoms with E-state index in [1.165, 1.54) is 24.8 Å². The zero-order valence-corrected chi connectivity index (χ0v) is 13.0. The minimum Gasteiger partial charge on any atom is -0.461 e. The highest BCUT2D eigenvalue weighted by atomic mass is 16.5. The van der Waals surface area contributed by atoms with Gasteiger partial charge in [-0.1, -0.05) is 36.2 Å². The van der Waals surface area contributed by atoms with Gasteiger partial charge >= 0.3 is 0 Å². The summed E-state index contributed by atoms with van der Waals surface area (Å²) in [5.41, 5.74) is 2.96. The van der Waals surface area contributed by atoms with Crippen molar-refractivity contribution in [3.8, 4) is 6.01 Å². The first-order valence-electron chi connectivity index (χ1n) is 8.01. The molecule has 1 saturated carbocycles. The minimum absolute atomic E-state index is 0.150. The molecule has 0 unspecified atom stereocenters. The molecule has 4 nitrogen and oxygen atoms in total. The standard InChI is InChI=1S/C18H22N2O2/c1-13-6-5-7-14(10-13)11-15-12-17(21)20-18(19-15)22-16-8-3-2-4-9-16/h5-7,10,12,16H,2-4,8-9,11H2,1H3,(H,19,20,21). The fraction of sp³-hybridized carbons (Fsp3) is 0.444. The summed E-state index contributed by atoms with van der Waals surface area (Å²) >= 11 is 0. The van der Waals surface area contributed by atoms with Crippen molar-refractivity contribution in [2.24, 2.45) is 0 Å². The lowest BCUT2D eigenvalue weighted by Gasteiger charge is -2.22. The minimum atomic E-state index is -0.150. The quantitative estimate of drug-likeness (QED) is 0.941. The van der Waals surface area contributed by atoms with Crippen LogP contribution in [0.25, 0.3) is 0 Å². The Bertz CT molecular complexity index is 687. The molecule has 1 aromatic carbocycles. The Kier molecular flexibility index (Phi) is 4.56. The summed E-state index contributed by atoms with van der Waals surface area (Å²) in [5.74, 6) is 0. The SMILES string of the molecule is Cc1cccc(Cc2cc(=O)[nH]c(OC3CCCCC3)n2)c1. The predicted molar refractivity (Wildman–Crippen MR) is 86.3 cm³/mol. The van der Waals surface area contributed by atoms with E-state index in [0.29, 0.717) is 12.4 Å². The zero-order chi connectivity index (χ0) is 15.4. The molecule has 116 valence electrons. The molecule has 1 N–H and O–H groups in total. The van der Waals surface area contributed by atoms with Gasteiger partial charge in [0.2, 0.25) is 0 Å². The molecule has 4 heteroatoms. The molecule has 0 saturated heterocycles. The highest BCUT2D eigenvalue weighted by Gasteiger charge is 2.16. The molecule has 2 aromatic rings. The normalized spacial score (nSPS) is 15.7. The third kappa shape index (κ3) is 3.97. The zero-order valence-electron chi connectivity index (χ0n) is 13.0. The molecule has 1 fully saturated rings. The fourth-order valence-corrected chi connectivity index (χ4v) is 3.00. The second-order valence-electron chi connectivity index (χ2n) is 6.09. The average molecular weight is 298 g/mol. The van der Waals surface area contributed by atoms with Crippen LogP contribution in [0, 0.1) is 6.92 Å². The van der Waals surface area contributed by atoms with Crippen LogP contribution in [0.1, 0.15) is 48.9 Å². The summed E-state index contributed by atoms with van der Waals surface area (Å²) in [5, 5.41) is 0. The van der Waals surface area contributed by atoms with Crippen molar-refractivity contribution in [2.75, 3.05) is 0 Å². The number of rotatable bonds is 4. The number of hydrogen-bond acceptors (Lipinski definition) is 3. The van der Waals surface area contributed by atoms with Gasteiger partial charge in [0.1, 0.15) is 6.10 Å². The summed E-state index contributed by atoms with van der Waals surface area (Å²) in [6.07, 6.45) is 6.59. The molecule has 0 spiro atoms. The number of ether oxygens (including phenoxy) is 1. The van der Waals surface area contributed by atoms with E-state index in [1.54, 1.807) is 6.07 Å². The summed E-state index contributed by atoms with van der Waals surface area (Å²) in [6, 6.07) is 10.2. The number of nitrogens with one attached hydrogen (secondary N) is 1. The Balaban J connectivity index is 1.75. The van der Waals surface area contributed by atoms with Gasteiger partial charge in [0.25, 0.3) is 11.6 Å². The molecule has 1 aromatic heterocycles. The number of aromatic nitrogens is 2. The van der Waals surface area contributed by atoms with Crippen molar-refractivity contribution in [3.05, 3.63) is 57.5 Å². The van der Waals surface area contributed by atoms with Crippen molar-refractivity contribution in [2.45, 2.75) is 51.6 Å². The van der Waals surface area contributed by atoms with Gasteiger partial charge in [-0.15, -0.1) is 0 Å². The molecular formula is C18H22N2O2. The van der Waals surface area contributed by atoms with Crippen molar-refractivity contribution in [1.29, 1.82) is 0 Å². The molecule has 0 aliphatic heterocycles. The van der Waals surface area contributed by atoms with Crippen LogP contribution in [0.15, 0.2) is 35.1 Å². The first-order valence-corrected chi connectivity index (χ1v) is 8.01. The Morgan fingerprint density at radius 3 is 2.82 bits per heavy atom. The highest BCUT2D eigenvalue weighted by Crippen LogP contribution is 2.21. The number of aromatic amines is 1. The Morgan fingerprint density at radius 2 is 2.05 bits per heavy atom. The van der Waals surface area contributed by atoms with E-state index in [2.05, 4.69) is 35.1 Å². The summed E-state index contributed by atoms with van der Waals surface area (Å²) in [7, 11) is 0. The van der Waals surface area contributed by atoms with Crippen LogP contribution in [0.2, 0.25) is 0 Å². The summed E-state index contributed by atoms with van der Waals surface area (Å²) in [6.45, 7) is 2.06. The average Bonchev–Trinajstić information content (AvgIpc) is 2.47. The molecule has 0 atom stereocenters. The Morgan fingerprint density at radius 1 is 1.23 bits per heavy atom. The molecule has 0 radical (unpaired) electrons. The highest BCUT2D eigenvalue weighted by molar-refractivity contribution is 5.26. The first-order chi connectivity index (χ1) is 10.7. The van der Waals surface area contributed by atoms with Crippen LogP contribution >= 0.6 is 0 Å². The van der Waals surface area contributed by atoms with Gasteiger partial charge < -0.3 is 4.74 Å². The molecule has 1 aliphatic carbocycles. The van der Waals surface area contributed by atoms with Crippen LogP contribution in [0.3, 0.4) is 0 Å². The number of benzene rings is 1. The molecule has 3 rings (SSSR count). The largest absolute Gasteiger partial charge is 0.461 e. The summed E-state index contributed by atoms with van der Waals surface area (Å²) in [4.78, 5) is 19.0. The maximum atomic E-state index is 11.8. The van der Waals surface area contributed by atoms with Crippen molar-refractivity contribution >= 4 is 0 Å². The predicted octanol–water partition coefficient (Wildman–Crippen LogP) is 3.38. The van der Waals surface area contributed by atoms with Gasteiger partial charge in [-0.3, -0.25) is 9.78 Å². The van der Waals surface area contributed by atoms with Crippen molar-refractivity contribution in [1.82, 2.24) is 9.97 Å². The molecule has 1 heterocycles. The topological polar surface area (TPSA) is 55.0 Å². The van der Waals surface area contributed by atoms with E-state index in [1.807, 2.05) is 6.07 Å². The lowest BCUT2D eigenvalue weighted by Crippen LogP contribution is -2.22. The van der Waals surface area contributed by atoms with E-state index in [9.17, 15) is 4.79 Å². The van der Waals surface area contributed by atoms with Crippen LogP contribution < -0.4 is 10.3 Å². The van der Waals surface area contributed by atoms with Crippen molar-refractivity contribution < 1.29 is 4.74 Å². The van der Waals surface area contributed by atoms with E-state index in [-0.39, 0.29) is 11.7 Å². The first kappa shape index (κ1) is 14.8. The number of hydrogen-bond donors (Lipinski definition) is 1. The van der Waals surface area contributed by atoms with E-state index in [0.717, 1.165) is 24.1 Å². The van der Waals surface area contributed by atoms with Crippen LogP contribution in [0.5, 0.6) is 6.01 Å². The van der Waals surface area contributed by atoms with Gasteiger partial charge in [-0.2, -0.15) is 0 Å². The van der Waals surface area contributed by atoms with Gasteiger partial charge in [0.15, 0.2) is 0 Å². The lowest BCUT2D eigenvalue weighted by molar-refractivity contribution is 0.141. The molecular weight excluding hydrogens is 276 g/mol. The van der Waals surface area contributed by atoms with Gasteiger partial charge in [-0.25, -0.2) is 4.98 Å². The van der Waals surface area contributed by atoms with Crippen LogP contribution in [-0.2, 0) is 6.42 Å². The number of aryl methyl sites for hydroxylation is 1. The van der Waals surface area contributed by atoms with Gasteiger partial charge in [0.05, 0.1) is 5.69 Å². The second kappa shape index (κ2) is 6.77. The van der Waals surface area contributed by atoms with E-state index in [4.69, 9.17) is 4.74 Å². The molecule has 0 amide bonds. The third-order valence-electron chi connectivity index (χ3n) is 4.07. The second-order valence-corrected chi connectivity index (χ2v) is 6.09. The summed E-state index contributed by atoms with van der Waals surface area (Å²) < 4.78 is 5.87. The van der Waals surface area contributed by atoms with Gasteiger partial charge in [0, 0.05) is 12.5 Å². The Hall–Kier alpha value is -2.10. The van der Waals surface area contributed by atoms with Crippen molar-refractivity contribution in [3.63, 3.8) is 0 Å².